The molecule has 0 saturated heterocycles. The highest BCUT2D eigenvalue weighted by atomic mass is 32.2. The minimum absolute atomic E-state index is 0.168. The lowest BCUT2D eigenvalue weighted by Crippen LogP contribution is -2.10. The molecule has 2 N–H and O–H groups in total. The van der Waals surface area contributed by atoms with Gasteiger partial charge in [0.1, 0.15) is 10.7 Å². The van der Waals surface area contributed by atoms with Crippen LogP contribution in [0.4, 0.5) is 13.2 Å². The number of thioether (sulfide) groups is 1. The van der Waals surface area contributed by atoms with Crippen molar-refractivity contribution in [2.45, 2.75) is 30.4 Å². The fourth-order valence-corrected chi connectivity index (χ4v) is 2.94. The Morgan fingerprint density at radius 3 is 2.43 bits per heavy atom. The number of hydrogen-bond donors (Lipinski definition) is 1. The minimum atomic E-state index is -4.44. The van der Waals surface area contributed by atoms with Gasteiger partial charge in [-0.25, -0.2) is 4.98 Å². The van der Waals surface area contributed by atoms with Crippen LogP contribution in [0.2, 0.25) is 0 Å². The quantitative estimate of drug-likeness (QED) is 0.862. The number of halogens is 3. The average molecular weight is 312 g/mol. The zero-order chi connectivity index (χ0) is 15.5. The normalized spacial score (nSPS) is 11.7. The van der Waals surface area contributed by atoms with Crippen molar-refractivity contribution in [1.29, 1.82) is 0 Å². The Balaban J connectivity index is 2.24. The summed E-state index contributed by atoms with van der Waals surface area (Å²) in [5.74, 6) is 0.563. The van der Waals surface area contributed by atoms with E-state index in [0.717, 1.165) is 17.2 Å². The Morgan fingerprint density at radius 2 is 1.81 bits per heavy atom. The lowest BCUT2D eigenvalue weighted by molar-refractivity contribution is -0.141. The third-order valence-electron chi connectivity index (χ3n) is 3.08. The summed E-state index contributed by atoms with van der Waals surface area (Å²) in [5, 5.41) is 0.343. The lowest BCUT2D eigenvalue weighted by Gasteiger charge is -2.12. The molecule has 21 heavy (non-hydrogen) atoms. The van der Waals surface area contributed by atoms with Crippen molar-refractivity contribution in [2.24, 2.45) is 5.73 Å². The lowest BCUT2D eigenvalue weighted by atomic mass is 10.1. The van der Waals surface area contributed by atoms with E-state index in [1.807, 2.05) is 31.2 Å². The molecule has 0 bridgehead atoms. The number of alkyl halides is 3. The van der Waals surface area contributed by atoms with Gasteiger partial charge < -0.3 is 5.73 Å². The van der Waals surface area contributed by atoms with Gasteiger partial charge in [-0.1, -0.05) is 30.3 Å². The van der Waals surface area contributed by atoms with Crippen LogP contribution in [-0.2, 0) is 18.5 Å². The smallest absolute Gasteiger partial charge is 0.326 e. The van der Waals surface area contributed by atoms with E-state index in [1.54, 1.807) is 0 Å². The molecule has 6 heteroatoms. The SMILES string of the molecule is Cc1ccccc1CSc1nc(C(F)(F)F)ccc1CN. The van der Waals surface area contributed by atoms with E-state index in [-0.39, 0.29) is 6.54 Å². The molecular formula is C15H15F3N2S. The number of benzene rings is 1. The van der Waals surface area contributed by atoms with Crippen molar-refractivity contribution >= 4 is 11.8 Å². The largest absolute Gasteiger partial charge is 0.433 e. The average Bonchev–Trinajstić information content (AvgIpc) is 2.45. The first-order valence-corrected chi connectivity index (χ1v) is 7.35. The molecule has 0 fully saturated rings. The van der Waals surface area contributed by atoms with Crippen LogP contribution in [0.5, 0.6) is 0 Å². The minimum Gasteiger partial charge on any atom is -0.326 e. The number of aromatic nitrogens is 1. The molecule has 0 amide bonds. The van der Waals surface area contributed by atoms with Crippen LogP contribution >= 0.6 is 11.8 Å². The van der Waals surface area contributed by atoms with E-state index in [4.69, 9.17) is 5.73 Å². The molecule has 0 unspecified atom stereocenters. The van der Waals surface area contributed by atoms with E-state index >= 15 is 0 Å². The molecule has 0 radical (unpaired) electrons. The van der Waals surface area contributed by atoms with Crippen LogP contribution in [-0.4, -0.2) is 4.98 Å². The maximum Gasteiger partial charge on any atom is 0.433 e. The summed E-state index contributed by atoms with van der Waals surface area (Å²) in [4.78, 5) is 3.72. The summed E-state index contributed by atoms with van der Waals surface area (Å²) in [5.41, 5.74) is 7.49. The summed E-state index contributed by atoms with van der Waals surface area (Å²) in [6.07, 6.45) is -4.44. The molecule has 0 atom stereocenters. The second kappa shape index (κ2) is 6.49. The van der Waals surface area contributed by atoms with Crippen LogP contribution < -0.4 is 5.73 Å². The van der Waals surface area contributed by atoms with Gasteiger partial charge in [-0.3, -0.25) is 0 Å². The molecule has 0 saturated carbocycles. The predicted molar refractivity (Wildman–Crippen MR) is 77.9 cm³/mol. The molecule has 2 nitrogen and oxygen atoms in total. The van der Waals surface area contributed by atoms with Crippen LogP contribution in [0.1, 0.15) is 22.4 Å². The first kappa shape index (κ1) is 15.9. The molecule has 1 aromatic carbocycles. The van der Waals surface area contributed by atoms with Crippen molar-refractivity contribution in [3.63, 3.8) is 0 Å². The van der Waals surface area contributed by atoms with Gasteiger partial charge >= 0.3 is 6.18 Å². The standard InChI is InChI=1S/C15H15F3N2S/c1-10-4-2-3-5-12(10)9-21-14-11(8-19)6-7-13(20-14)15(16,17)18/h2-7H,8-9,19H2,1H3. The van der Waals surface area contributed by atoms with Gasteiger partial charge in [-0.15, -0.1) is 11.8 Å². The van der Waals surface area contributed by atoms with Gasteiger partial charge in [0.25, 0.3) is 0 Å². The highest BCUT2D eigenvalue weighted by Crippen LogP contribution is 2.32. The van der Waals surface area contributed by atoms with E-state index in [0.29, 0.717) is 16.3 Å². The predicted octanol–water partition coefficient (Wildman–Crippen LogP) is 4.16. The zero-order valence-corrected chi connectivity index (χ0v) is 12.3. The first-order chi connectivity index (χ1) is 9.91. The first-order valence-electron chi connectivity index (χ1n) is 6.36. The van der Waals surface area contributed by atoms with Crippen LogP contribution in [0, 0.1) is 6.92 Å². The van der Waals surface area contributed by atoms with E-state index < -0.39 is 11.9 Å². The molecule has 0 aliphatic rings. The molecular weight excluding hydrogens is 297 g/mol. The van der Waals surface area contributed by atoms with E-state index in [2.05, 4.69) is 4.98 Å². The fraction of sp³-hybridized carbons (Fsp3) is 0.267. The van der Waals surface area contributed by atoms with Gasteiger partial charge in [-0.2, -0.15) is 13.2 Å². The van der Waals surface area contributed by atoms with Crippen molar-refractivity contribution in [3.05, 3.63) is 58.8 Å². The molecule has 1 heterocycles. The van der Waals surface area contributed by atoms with E-state index in [9.17, 15) is 13.2 Å². The number of nitrogens with zero attached hydrogens (tertiary/aromatic N) is 1. The third-order valence-corrected chi connectivity index (χ3v) is 4.16. The number of hydrogen-bond acceptors (Lipinski definition) is 3. The number of pyridine rings is 1. The van der Waals surface area contributed by atoms with Crippen LogP contribution in [0.25, 0.3) is 0 Å². The molecule has 2 aromatic rings. The Labute approximate surface area is 125 Å². The summed E-state index contributed by atoms with van der Waals surface area (Å²) in [6.45, 7) is 2.14. The molecule has 1 aromatic heterocycles. The molecule has 2 rings (SSSR count). The zero-order valence-electron chi connectivity index (χ0n) is 11.4. The second-order valence-electron chi connectivity index (χ2n) is 4.58. The van der Waals surface area contributed by atoms with Gasteiger partial charge in [0.2, 0.25) is 0 Å². The molecule has 0 spiro atoms. The Morgan fingerprint density at radius 1 is 1.10 bits per heavy atom. The monoisotopic (exact) mass is 312 g/mol. The van der Waals surface area contributed by atoms with Crippen LogP contribution in [0.3, 0.4) is 0 Å². The molecule has 112 valence electrons. The van der Waals surface area contributed by atoms with Crippen molar-refractivity contribution in [3.8, 4) is 0 Å². The van der Waals surface area contributed by atoms with Crippen molar-refractivity contribution in [2.75, 3.05) is 0 Å². The van der Waals surface area contributed by atoms with Gasteiger partial charge in [-0.05, 0) is 29.7 Å². The summed E-state index contributed by atoms with van der Waals surface area (Å²) in [6, 6.07) is 10.1. The Kier molecular flexibility index (Phi) is 4.90. The highest BCUT2D eigenvalue weighted by molar-refractivity contribution is 7.98. The van der Waals surface area contributed by atoms with Gasteiger partial charge in [0.15, 0.2) is 0 Å². The number of nitrogens with two attached hydrogens (primary N) is 1. The van der Waals surface area contributed by atoms with Crippen molar-refractivity contribution in [1.82, 2.24) is 4.98 Å². The number of rotatable bonds is 4. The Bertz CT molecular complexity index is 627. The summed E-state index contributed by atoms with van der Waals surface area (Å²) in [7, 11) is 0. The fourth-order valence-electron chi connectivity index (χ4n) is 1.83. The maximum atomic E-state index is 12.7. The molecule has 0 aliphatic carbocycles. The second-order valence-corrected chi connectivity index (χ2v) is 5.54. The summed E-state index contributed by atoms with van der Waals surface area (Å²) < 4.78 is 38.2. The van der Waals surface area contributed by atoms with Crippen molar-refractivity contribution < 1.29 is 13.2 Å². The molecule has 0 aliphatic heterocycles. The Hall–Kier alpha value is -1.53. The topological polar surface area (TPSA) is 38.9 Å². The highest BCUT2D eigenvalue weighted by Gasteiger charge is 2.33. The van der Waals surface area contributed by atoms with E-state index in [1.165, 1.54) is 17.8 Å². The third kappa shape index (κ3) is 3.98. The van der Waals surface area contributed by atoms with Crippen LogP contribution in [0.15, 0.2) is 41.4 Å². The maximum absolute atomic E-state index is 12.7. The van der Waals surface area contributed by atoms with Gasteiger partial charge in [0, 0.05) is 12.3 Å². The number of aryl methyl sites for hydroxylation is 1. The van der Waals surface area contributed by atoms with Gasteiger partial charge in [0.05, 0.1) is 0 Å². The summed E-state index contributed by atoms with van der Waals surface area (Å²) >= 11 is 1.28.